The minimum atomic E-state index is -1.02. The van der Waals surface area contributed by atoms with Crippen molar-refractivity contribution in [2.24, 2.45) is 0 Å². The van der Waals surface area contributed by atoms with Crippen LogP contribution in [0.25, 0.3) is 0 Å². The molecule has 4 heterocycles. The first kappa shape index (κ1) is 30.9. The number of ether oxygens (including phenoxy) is 4. The van der Waals surface area contributed by atoms with E-state index in [9.17, 15) is 29.3 Å². The molecule has 46 heavy (non-hydrogen) atoms. The van der Waals surface area contributed by atoms with Gasteiger partial charge in [0.2, 0.25) is 11.8 Å². The Bertz CT molecular complexity index is 1730. The fraction of sp³-hybridized carbons (Fsp3) is 0.300. The molecule has 0 spiro atoms. The maximum absolute atomic E-state index is 12.9. The number of rotatable bonds is 13. The van der Waals surface area contributed by atoms with Gasteiger partial charge in [0.15, 0.2) is 0 Å². The zero-order valence-electron chi connectivity index (χ0n) is 24.2. The Morgan fingerprint density at radius 3 is 2.24 bits per heavy atom. The molecule has 1 saturated heterocycles. The zero-order chi connectivity index (χ0) is 32.2. The lowest BCUT2D eigenvalue weighted by Gasteiger charge is -2.27. The van der Waals surface area contributed by atoms with Crippen molar-refractivity contribution in [3.63, 3.8) is 0 Å². The standard InChI is InChI=1S/C30H27N5O10S/c36-26-6-5-23(28(37)33-26)34-29(38)20-3-1-18(14-21(20)30(34)39)44-11-9-42-7-8-43-10-12-45-19-2-4-22-24(15-19)46-25-13-17(35(40)41)16-31-27(25)32-22/h1-4,13-16,23H,5-12H2,(H,31,32)(H,33,36,37). The van der Waals surface area contributed by atoms with Crippen molar-refractivity contribution < 1.29 is 43.0 Å². The van der Waals surface area contributed by atoms with Gasteiger partial charge in [-0.15, -0.1) is 0 Å². The molecule has 3 aromatic rings. The minimum absolute atomic E-state index is 0.0522. The summed E-state index contributed by atoms with van der Waals surface area (Å²) < 4.78 is 22.5. The number of piperidine rings is 1. The third-order valence-electron chi connectivity index (χ3n) is 7.25. The number of fused-ring (bicyclic) bond motifs is 3. The average molecular weight is 650 g/mol. The molecule has 1 aromatic heterocycles. The third-order valence-corrected chi connectivity index (χ3v) is 8.34. The highest BCUT2D eigenvalue weighted by atomic mass is 32.2. The number of hydrogen-bond donors (Lipinski definition) is 2. The predicted molar refractivity (Wildman–Crippen MR) is 160 cm³/mol. The molecule has 1 unspecified atom stereocenters. The Morgan fingerprint density at radius 2 is 1.52 bits per heavy atom. The van der Waals surface area contributed by atoms with Crippen LogP contribution in [0.2, 0.25) is 0 Å². The zero-order valence-corrected chi connectivity index (χ0v) is 25.0. The van der Waals surface area contributed by atoms with Crippen molar-refractivity contribution in [1.82, 2.24) is 15.2 Å². The molecule has 238 valence electrons. The van der Waals surface area contributed by atoms with Gasteiger partial charge < -0.3 is 24.3 Å². The van der Waals surface area contributed by atoms with Gasteiger partial charge in [0, 0.05) is 17.4 Å². The fourth-order valence-electron chi connectivity index (χ4n) is 5.03. The molecule has 4 amide bonds. The van der Waals surface area contributed by atoms with Gasteiger partial charge in [0.05, 0.1) is 53.1 Å². The highest BCUT2D eigenvalue weighted by molar-refractivity contribution is 7.99. The van der Waals surface area contributed by atoms with E-state index in [1.165, 1.54) is 36.2 Å². The van der Waals surface area contributed by atoms with Gasteiger partial charge in [-0.3, -0.25) is 39.5 Å². The fourth-order valence-corrected chi connectivity index (χ4v) is 6.05. The first-order valence-electron chi connectivity index (χ1n) is 14.3. The van der Waals surface area contributed by atoms with Gasteiger partial charge in [0.25, 0.3) is 17.5 Å². The van der Waals surface area contributed by atoms with Gasteiger partial charge >= 0.3 is 0 Å². The number of aromatic nitrogens is 1. The highest BCUT2D eigenvalue weighted by Crippen LogP contribution is 2.45. The van der Waals surface area contributed by atoms with E-state index in [0.717, 1.165) is 15.5 Å². The number of imide groups is 2. The molecule has 2 aromatic carbocycles. The van der Waals surface area contributed by atoms with Crippen LogP contribution in [0, 0.1) is 10.1 Å². The van der Waals surface area contributed by atoms with E-state index in [0.29, 0.717) is 48.6 Å². The van der Waals surface area contributed by atoms with Crippen molar-refractivity contribution in [3.8, 4) is 11.5 Å². The topological polar surface area (TPSA) is 189 Å². The van der Waals surface area contributed by atoms with Crippen molar-refractivity contribution in [1.29, 1.82) is 0 Å². The van der Waals surface area contributed by atoms with Crippen molar-refractivity contribution in [2.75, 3.05) is 45.0 Å². The van der Waals surface area contributed by atoms with E-state index < -0.39 is 34.6 Å². The van der Waals surface area contributed by atoms with E-state index in [-0.39, 0.29) is 42.9 Å². The molecule has 1 fully saturated rings. The monoisotopic (exact) mass is 649 g/mol. The van der Waals surface area contributed by atoms with Crippen LogP contribution in [-0.2, 0) is 19.1 Å². The normalized spacial score (nSPS) is 16.7. The summed E-state index contributed by atoms with van der Waals surface area (Å²) in [7, 11) is 0. The molecular formula is C30H27N5O10S. The Balaban J connectivity index is 0.868. The lowest BCUT2D eigenvalue weighted by Crippen LogP contribution is -2.54. The van der Waals surface area contributed by atoms with Crippen LogP contribution in [0.1, 0.15) is 33.6 Å². The molecule has 3 aliphatic heterocycles. The minimum Gasteiger partial charge on any atom is -0.491 e. The Labute approximate surface area is 265 Å². The Morgan fingerprint density at radius 1 is 0.848 bits per heavy atom. The first-order chi connectivity index (χ1) is 22.3. The second-order valence-electron chi connectivity index (χ2n) is 10.3. The average Bonchev–Trinajstić information content (AvgIpc) is 3.29. The summed E-state index contributed by atoms with van der Waals surface area (Å²) in [6.45, 7) is 1.75. The summed E-state index contributed by atoms with van der Waals surface area (Å²) in [5, 5.41) is 16.4. The summed E-state index contributed by atoms with van der Waals surface area (Å²) in [4.78, 5) is 66.5. The van der Waals surface area contributed by atoms with Gasteiger partial charge in [-0.05, 0) is 42.8 Å². The van der Waals surface area contributed by atoms with Crippen LogP contribution < -0.4 is 20.1 Å². The Hall–Kier alpha value is -5.06. The van der Waals surface area contributed by atoms with Crippen molar-refractivity contribution >= 4 is 52.6 Å². The number of carbonyl (C=O) groups is 4. The van der Waals surface area contributed by atoms with E-state index in [1.54, 1.807) is 6.07 Å². The van der Waals surface area contributed by atoms with Crippen LogP contribution in [-0.4, -0.2) is 84.1 Å². The summed E-state index contributed by atoms with van der Waals surface area (Å²) in [5.74, 6) is -0.694. The second kappa shape index (κ2) is 13.5. The van der Waals surface area contributed by atoms with Crippen molar-refractivity contribution in [3.05, 3.63) is 69.9 Å². The molecule has 2 N–H and O–H groups in total. The van der Waals surface area contributed by atoms with Gasteiger partial charge in [-0.1, -0.05) is 11.8 Å². The van der Waals surface area contributed by atoms with Gasteiger partial charge in [-0.25, -0.2) is 4.98 Å². The number of benzene rings is 2. The predicted octanol–water partition coefficient (Wildman–Crippen LogP) is 3.09. The SMILES string of the molecule is O=C1CCC(N2C(=O)c3ccc(OCCOCCOCCOc4ccc5c(c4)Sc4cc([N+](=O)[O-])cnc4N5)cc3C2=O)C(=O)N1. The summed E-state index contributed by atoms with van der Waals surface area (Å²) in [6, 6.07) is 10.5. The van der Waals surface area contributed by atoms with Gasteiger partial charge in [0.1, 0.15) is 42.8 Å². The molecule has 0 radical (unpaired) electrons. The smallest absolute Gasteiger partial charge is 0.288 e. The van der Waals surface area contributed by atoms with E-state index in [1.807, 2.05) is 18.2 Å². The first-order valence-corrected chi connectivity index (χ1v) is 15.1. The molecule has 0 bridgehead atoms. The maximum atomic E-state index is 12.9. The van der Waals surface area contributed by atoms with Crippen LogP contribution in [0.15, 0.2) is 58.5 Å². The van der Waals surface area contributed by atoms with Crippen LogP contribution >= 0.6 is 11.8 Å². The Kier molecular flexibility index (Phi) is 9.09. The molecular weight excluding hydrogens is 622 g/mol. The van der Waals surface area contributed by atoms with E-state index in [4.69, 9.17) is 18.9 Å². The number of amides is 4. The lowest BCUT2D eigenvalue weighted by atomic mass is 10.0. The number of nitro groups is 1. The largest absolute Gasteiger partial charge is 0.491 e. The lowest BCUT2D eigenvalue weighted by molar-refractivity contribution is -0.385. The molecule has 1 atom stereocenters. The number of anilines is 2. The number of carbonyl (C=O) groups excluding carboxylic acids is 4. The number of pyridine rings is 1. The number of nitrogens with zero attached hydrogens (tertiary/aromatic N) is 3. The molecule has 6 rings (SSSR count). The molecule has 15 nitrogen and oxygen atoms in total. The van der Waals surface area contributed by atoms with E-state index >= 15 is 0 Å². The molecule has 16 heteroatoms. The van der Waals surface area contributed by atoms with E-state index in [2.05, 4.69) is 15.6 Å². The second-order valence-corrected chi connectivity index (χ2v) is 11.3. The third kappa shape index (κ3) is 6.63. The number of nitrogens with one attached hydrogen (secondary N) is 2. The number of hydrogen-bond acceptors (Lipinski definition) is 13. The van der Waals surface area contributed by atoms with Crippen LogP contribution in [0.5, 0.6) is 11.5 Å². The summed E-state index contributed by atoms with van der Waals surface area (Å²) in [5.41, 5.74) is 1.08. The quantitative estimate of drug-likeness (QED) is 0.0931. The summed E-state index contributed by atoms with van der Waals surface area (Å²) >= 11 is 1.37. The molecule has 3 aliphatic rings. The van der Waals surface area contributed by atoms with Crippen LogP contribution in [0.3, 0.4) is 0 Å². The molecule has 0 saturated carbocycles. The maximum Gasteiger partial charge on any atom is 0.288 e. The van der Waals surface area contributed by atoms with Crippen LogP contribution in [0.4, 0.5) is 17.2 Å². The summed E-state index contributed by atoms with van der Waals surface area (Å²) in [6.07, 6.45) is 1.36. The highest BCUT2D eigenvalue weighted by Gasteiger charge is 2.44. The molecule has 0 aliphatic carbocycles. The van der Waals surface area contributed by atoms with Crippen molar-refractivity contribution in [2.45, 2.75) is 28.7 Å². The van der Waals surface area contributed by atoms with Gasteiger partial charge in [-0.2, -0.15) is 0 Å².